The van der Waals surface area contributed by atoms with Crippen LogP contribution < -0.4 is 5.32 Å². The van der Waals surface area contributed by atoms with E-state index in [0.717, 1.165) is 23.1 Å². The summed E-state index contributed by atoms with van der Waals surface area (Å²) in [5, 5.41) is 4.74. The minimum absolute atomic E-state index is 0.0874. The third kappa shape index (κ3) is 4.27. The number of amides is 1. The van der Waals surface area contributed by atoms with E-state index < -0.39 is 0 Å². The molecule has 0 bridgehead atoms. The second-order valence-electron chi connectivity index (χ2n) is 7.51. The molecule has 29 heavy (non-hydrogen) atoms. The highest BCUT2D eigenvalue weighted by Crippen LogP contribution is 2.43. The largest absolute Gasteiger partial charge is 0.459 e. The monoisotopic (exact) mass is 428 g/mol. The van der Waals surface area contributed by atoms with E-state index in [4.69, 9.17) is 16.0 Å². The number of carbonyl (C=O) groups excluding carboxylic acids is 1. The third-order valence-corrected chi connectivity index (χ3v) is 7.01. The van der Waals surface area contributed by atoms with Crippen molar-refractivity contribution in [2.75, 3.05) is 18.4 Å². The Morgan fingerprint density at radius 3 is 2.52 bits per heavy atom. The third-order valence-electron chi connectivity index (χ3n) is 5.62. The molecule has 0 saturated carbocycles. The maximum absolute atomic E-state index is 12.7. The first kappa shape index (κ1) is 20.2. The number of thiophene rings is 1. The molecule has 152 valence electrons. The number of piperidine rings is 1. The molecule has 1 atom stereocenters. The summed E-state index contributed by atoms with van der Waals surface area (Å²) in [5.41, 5.74) is 3.61. The van der Waals surface area contributed by atoms with Crippen LogP contribution in [0.4, 0.5) is 5.00 Å². The number of furan rings is 1. The van der Waals surface area contributed by atoms with Crippen molar-refractivity contribution in [1.29, 1.82) is 0 Å². The second kappa shape index (κ2) is 8.74. The molecule has 4 rings (SSSR count). The Hall–Kier alpha value is -2.08. The standard InChI is InChI=1S/C23H25ClN2O2S/c1-15-16(2)29-23(25-22(27)19-7-6-14-28-19)20(15)21(26-12-4-3-5-13-26)17-8-10-18(24)11-9-17/h6-11,14,21H,3-5,12-13H2,1-2H3,(H,25,27)/t21-/m1/s1. The summed E-state index contributed by atoms with van der Waals surface area (Å²) in [7, 11) is 0. The van der Waals surface area contributed by atoms with Crippen LogP contribution in [0.5, 0.6) is 0 Å². The van der Waals surface area contributed by atoms with E-state index in [0.29, 0.717) is 5.76 Å². The zero-order valence-electron chi connectivity index (χ0n) is 16.7. The first-order valence-corrected chi connectivity index (χ1v) is 11.2. The lowest BCUT2D eigenvalue weighted by molar-refractivity contribution is 0.0996. The summed E-state index contributed by atoms with van der Waals surface area (Å²) in [5.74, 6) is 0.103. The van der Waals surface area contributed by atoms with Crippen LogP contribution in [0.15, 0.2) is 47.1 Å². The van der Waals surface area contributed by atoms with Crippen molar-refractivity contribution in [3.63, 3.8) is 0 Å². The summed E-state index contributed by atoms with van der Waals surface area (Å²) in [6.07, 6.45) is 5.18. The van der Waals surface area contributed by atoms with Crippen LogP contribution >= 0.6 is 22.9 Å². The molecule has 1 amide bonds. The number of nitrogens with zero attached hydrogens (tertiary/aromatic N) is 1. The van der Waals surface area contributed by atoms with Gasteiger partial charge < -0.3 is 9.73 Å². The zero-order chi connectivity index (χ0) is 20.4. The van der Waals surface area contributed by atoms with Crippen LogP contribution in [0.25, 0.3) is 0 Å². The Balaban J connectivity index is 1.77. The van der Waals surface area contributed by atoms with Crippen molar-refractivity contribution in [2.24, 2.45) is 0 Å². The molecule has 3 heterocycles. The Kier molecular flexibility index (Phi) is 6.09. The van der Waals surface area contributed by atoms with Crippen molar-refractivity contribution < 1.29 is 9.21 Å². The summed E-state index contributed by atoms with van der Waals surface area (Å²) in [6, 6.07) is 11.6. The van der Waals surface area contributed by atoms with Crippen molar-refractivity contribution in [2.45, 2.75) is 39.2 Å². The predicted molar refractivity (Wildman–Crippen MR) is 119 cm³/mol. The van der Waals surface area contributed by atoms with Crippen LogP contribution in [0, 0.1) is 13.8 Å². The lowest BCUT2D eigenvalue weighted by Gasteiger charge is -2.36. The van der Waals surface area contributed by atoms with E-state index in [-0.39, 0.29) is 11.9 Å². The molecular weight excluding hydrogens is 404 g/mol. The van der Waals surface area contributed by atoms with Crippen LogP contribution in [0.1, 0.15) is 57.4 Å². The van der Waals surface area contributed by atoms with Gasteiger partial charge in [0.1, 0.15) is 5.00 Å². The van der Waals surface area contributed by atoms with Gasteiger partial charge in [-0.25, -0.2) is 0 Å². The molecule has 4 nitrogen and oxygen atoms in total. The Bertz CT molecular complexity index is 973. The van der Waals surface area contributed by atoms with Crippen molar-refractivity contribution in [3.05, 3.63) is 75.0 Å². The fourth-order valence-electron chi connectivity index (χ4n) is 4.02. The topological polar surface area (TPSA) is 45.5 Å². The van der Waals surface area contributed by atoms with Gasteiger partial charge >= 0.3 is 0 Å². The highest BCUT2D eigenvalue weighted by Gasteiger charge is 2.30. The number of rotatable bonds is 5. The summed E-state index contributed by atoms with van der Waals surface area (Å²) in [4.78, 5) is 16.4. The van der Waals surface area contributed by atoms with Gasteiger partial charge in [-0.05, 0) is 75.2 Å². The average Bonchev–Trinajstić information content (AvgIpc) is 3.35. The van der Waals surface area contributed by atoms with Crippen molar-refractivity contribution >= 4 is 33.8 Å². The number of aryl methyl sites for hydroxylation is 1. The van der Waals surface area contributed by atoms with Crippen LogP contribution in [0.2, 0.25) is 5.02 Å². The molecule has 0 radical (unpaired) electrons. The van der Waals surface area contributed by atoms with Gasteiger partial charge in [0.05, 0.1) is 12.3 Å². The summed E-state index contributed by atoms with van der Waals surface area (Å²) in [6.45, 7) is 6.36. The molecule has 1 aliphatic rings. The second-order valence-corrected chi connectivity index (χ2v) is 9.17. The van der Waals surface area contributed by atoms with E-state index in [1.165, 1.54) is 47.1 Å². The highest BCUT2D eigenvalue weighted by atomic mass is 35.5. The molecule has 6 heteroatoms. The number of hydrogen-bond acceptors (Lipinski definition) is 4. The van der Waals surface area contributed by atoms with E-state index in [1.54, 1.807) is 23.5 Å². The lowest BCUT2D eigenvalue weighted by atomic mass is 9.93. The van der Waals surface area contributed by atoms with Gasteiger partial charge in [0.2, 0.25) is 0 Å². The Morgan fingerprint density at radius 1 is 1.14 bits per heavy atom. The van der Waals surface area contributed by atoms with Gasteiger partial charge in [0.15, 0.2) is 5.76 Å². The molecule has 1 aromatic carbocycles. The van der Waals surface area contributed by atoms with Crippen molar-refractivity contribution in [1.82, 2.24) is 4.90 Å². The Morgan fingerprint density at radius 2 is 1.86 bits per heavy atom. The molecule has 0 aliphatic carbocycles. The summed E-state index contributed by atoms with van der Waals surface area (Å²) < 4.78 is 5.29. The minimum Gasteiger partial charge on any atom is -0.459 e. The minimum atomic E-state index is -0.217. The molecule has 0 unspecified atom stereocenters. The van der Waals surface area contributed by atoms with Crippen LogP contribution in [-0.2, 0) is 0 Å². The first-order chi connectivity index (χ1) is 14.0. The van der Waals surface area contributed by atoms with E-state index >= 15 is 0 Å². The Labute approximate surface area is 180 Å². The number of hydrogen-bond donors (Lipinski definition) is 1. The SMILES string of the molecule is Cc1sc(NC(=O)c2ccco2)c([C@@H](c2ccc(Cl)cc2)N2CCCCC2)c1C. The van der Waals surface area contributed by atoms with Gasteiger partial charge in [-0.1, -0.05) is 30.2 Å². The average molecular weight is 429 g/mol. The molecule has 3 aromatic rings. The number of likely N-dealkylation sites (tertiary alicyclic amines) is 1. The van der Waals surface area contributed by atoms with E-state index in [9.17, 15) is 4.79 Å². The quantitative estimate of drug-likeness (QED) is 0.508. The first-order valence-electron chi connectivity index (χ1n) is 9.99. The smallest absolute Gasteiger partial charge is 0.291 e. The number of halogens is 1. The zero-order valence-corrected chi connectivity index (χ0v) is 18.3. The van der Waals surface area contributed by atoms with Gasteiger partial charge in [0.25, 0.3) is 5.91 Å². The molecule has 2 aromatic heterocycles. The van der Waals surface area contributed by atoms with Gasteiger partial charge in [-0.15, -0.1) is 11.3 Å². The molecule has 1 saturated heterocycles. The lowest BCUT2D eigenvalue weighted by Crippen LogP contribution is -2.35. The van der Waals surface area contributed by atoms with Crippen molar-refractivity contribution in [3.8, 4) is 0 Å². The maximum Gasteiger partial charge on any atom is 0.291 e. The molecule has 0 spiro atoms. The van der Waals surface area contributed by atoms with Crippen LogP contribution in [-0.4, -0.2) is 23.9 Å². The molecule has 1 aliphatic heterocycles. The van der Waals surface area contributed by atoms with Gasteiger partial charge in [0, 0.05) is 15.5 Å². The highest BCUT2D eigenvalue weighted by molar-refractivity contribution is 7.16. The van der Waals surface area contributed by atoms with Crippen LogP contribution in [0.3, 0.4) is 0 Å². The number of nitrogens with one attached hydrogen (secondary N) is 1. The van der Waals surface area contributed by atoms with Gasteiger partial charge in [-0.2, -0.15) is 0 Å². The number of anilines is 1. The van der Waals surface area contributed by atoms with E-state index in [2.05, 4.69) is 36.2 Å². The fourth-order valence-corrected chi connectivity index (χ4v) is 5.23. The number of carbonyl (C=O) groups is 1. The molecular formula is C23H25ClN2O2S. The molecule has 1 N–H and O–H groups in total. The fraction of sp³-hybridized carbons (Fsp3) is 0.348. The van der Waals surface area contributed by atoms with Gasteiger partial charge in [-0.3, -0.25) is 9.69 Å². The number of benzene rings is 1. The maximum atomic E-state index is 12.7. The molecule has 1 fully saturated rings. The normalized spacial score (nSPS) is 16.0. The summed E-state index contributed by atoms with van der Waals surface area (Å²) >= 11 is 7.79. The predicted octanol–water partition coefficient (Wildman–Crippen LogP) is 6.44. The van der Waals surface area contributed by atoms with E-state index in [1.807, 2.05) is 12.1 Å².